The predicted molar refractivity (Wildman–Crippen MR) is 83.7 cm³/mol. The second kappa shape index (κ2) is 6.39. The molecule has 0 aliphatic heterocycles. The van der Waals surface area contributed by atoms with Crippen molar-refractivity contribution in [3.63, 3.8) is 0 Å². The zero-order valence-corrected chi connectivity index (χ0v) is 12.6. The van der Waals surface area contributed by atoms with Gasteiger partial charge in [0.25, 0.3) is 0 Å². The minimum Gasteiger partial charge on any atom is -0.478 e. The van der Waals surface area contributed by atoms with Gasteiger partial charge in [0, 0.05) is 17.3 Å². The molecule has 0 bridgehead atoms. The van der Waals surface area contributed by atoms with E-state index in [1.54, 1.807) is 6.08 Å². The van der Waals surface area contributed by atoms with Gasteiger partial charge in [-0.05, 0) is 44.0 Å². The molecule has 2 rings (SSSR count). The van der Waals surface area contributed by atoms with E-state index < -0.39 is 5.97 Å². The number of carboxylic acid groups (broad SMARTS) is 1. The lowest BCUT2D eigenvalue weighted by molar-refractivity contribution is -0.131. The van der Waals surface area contributed by atoms with Crippen molar-refractivity contribution < 1.29 is 9.90 Å². The maximum absolute atomic E-state index is 10.8. The number of aryl methyl sites for hydroxylation is 3. The van der Waals surface area contributed by atoms with Crippen LogP contribution in [-0.2, 0) is 17.6 Å². The molecule has 0 aliphatic carbocycles. The summed E-state index contributed by atoms with van der Waals surface area (Å²) in [5.41, 5.74) is 5.03. The number of carbonyl (C=O) groups is 1. The average Bonchev–Trinajstić information content (AvgIpc) is 2.88. The largest absolute Gasteiger partial charge is 0.478 e. The minimum atomic E-state index is -0.951. The molecule has 0 spiro atoms. The molecular weight excluding hydrogens is 264 g/mol. The molecule has 0 saturated heterocycles. The van der Waals surface area contributed by atoms with Gasteiger partial charge in [-0.2, -0.15) is 5.10 Å². The highest BCUT2D eigenvalue weighted by Crippen LogP contribution is 2.21. The molecule has 1 aromatic carbocycles. The van der Waals surface area contributed by atoms with E-state index in [4.69, 9.17) is 5.11 Å². The van der Waals surface area contributed by atoms with Crippen LogP contribution in [0, 0.1) is 6.92 Å². The van der Waals surface area contributed by atoms with Crippen molar-refractivity contribution in [2.24, 2.45) is 0 Å². The monoisotopic (exact) mass is 284 g/mol. The number of hydrogen-bond donors (Lipinski definition) is 1. The zero-order valence-electron chi connectivity index (χ0n) is 12.6. The first-order valence-electron chi connectivity index (χ1n) is 7.15. The summed E-state index contributed by atoms with van der Waals surface area (Å²) in [5.74, 6) is -0.951. The standard InChI is InChI=1S/C17H20N2O2/c1-4-14-11-15(5-2)19(18-14)16-8-6-12(3)10-13(16)7-9-17(20)21/h6-11H,4-5H2,1-3H3,(H,20,21)/b9-7+. The second-order valence-electron chi connectivity index (χ2n) is 4.98. The topological polar surface area (TPSA) is 55.1 Å². The highest BCUT2D eigenvalue weighted by molar-refractivity contribution is 5.86. The Hall–Kier alpha value is -2.36. The van der Waals surface area contributed by atoms with Crippen LogP contribution in [0.2, 0.25) is 0 Å². The summed E-state index contributed by atoms with van der Waals surface area (Å²) < 4.78 is 1.92. The molecule has 4 nitrogen and oxygen atoms in total. The third kappa shape index (κ3) is 3.40. The Bertz CT molecular complexity index is 684. The van der Waals surface area contributed by atoms with Crippen LogP contribution in [0.1, 0.15) is 36.4 Å². The Morgan fingerprint density at radius 2 is 2.05 bits per heavy atom. The molecule has 0 saturated carbocycles. The lowest BCUT2D eigenvalue weighted by atomic mass is 10.1. The van der Waals surface area contributed by atoms with Gasteiger partial charge < -0.3 is 5.11 Å². The summed E-state index contributed by atoms with van der Waals surface area (Å²) in [6.07, 6.45) is 4.54. The highest BCUT2D eigenvalue weighted by atomic mass is 16.4. The number of nitrogens with zero attached hydrogens (tertiary/aromatic N) is 2. The second-order valence-corrected chi connectivity index (χ2v) is 4.98. The average molecular weight is 284 g/mol. The molecule has 1 aromatic heterocycles. The van der Waals surface area contributed by atoms with Crippen LogP contribution in [0.3, 0.4) is 0 Å². The summed E-state index contributed by atoms with van der Waals surface area (Å²) in [4.78, 5) is 10.8. The van der Waals surface area contributed by atoms with Gasteiger partial charge in [0.2, 0.25) is 0 Å². The number of hydrogen-bond acceptors (Lipinski definition) is 2. The number of aliphatic carboxylic acids is 1. The SMILES string of the molecule is CCc1cc(CC)n(-c2ccc(C)cc2/C=C/C(=O)O)n1. The Labute approximate surface area is 124 Å². The molecule has 110 valence electrons. The van der Waals surface area contributed by atoms with Crippen LogP contribution in [-0.4, -0.2) is 20.9 Å². The summed E-state index contributed by atoms with van der Waals surface area (Å²) >= 11 is 0. The van der Waals surface area contributed by atoms with Crippen LogP contribution in [0.5, 0.6) is 0 Å². The summed E-state index contributed by atoms with van der Waals surface area (Å²) in [7, 11) is 0. The van der Waals surface area contributed by atoms with Gasteiger partial charge in [0.1, 0.15) is 0 Å². The first-order chi connectivity index (χ1) is 10.0. The van der Waals surface area contributed by atoms with E-state index >= 15 is 0 Å². The normalized spacial score (nSPS) is 11.2. The first-order valence-corrected chi connectivity index (χ1v) is 7.15. The van der Waals surface area contributed by atoms with Crippen molar-refractivity contribution in [3.05, 3.63) is 52.9 Å². The van der Waals surface area contributed by atoms with Gasteiger partial charge in [0.05, 0.1) is 11.4 Å². The van der Waals surface area contributed by atoms with Crippen molar-refractivity contribution in [3.8, 4) is 5.69 Å². The highest BCUT2D eigenvalue weighted by Gasteiger charge is 2.10. The molecule has 0 amide bonds. The van der Waals surface area contributed by atoms with Crippen LogP contribution >= 0.6 is 0 Å². The number of benzene rings is 1. The summed E-state index contributed by atoms with van der Waals surface area (Å²) in [6.45, 7) is 6.16. The quantitative estimate of drug-likeness (QED) is 0.856. The van der Waals surface area contributed by atoms with Crippen LogP contribution < -0.4 is 0 Å². The van der Waals surface area contributed by atoms with Crippen molar-refractivity contribution >= 4 is 12.0 Å². The molecule has 4 heteroatoms. The molecule has 2 aromatic rings. The van der Waals surface area contributed by atoms with Crippen LogP contribution in [0.4, 0.5) is 0 Å². The lowest BCUT2D eigenvalue weighted by Crippen LogP contribution is -2.04. The van der Waals surface area contributed by atoms with E-state index in [9.17, 15) is 4.79 Å². The van der Waals surface area contributed by atoms with E-state index in [0.29, 0.717) is 0 Å². The first kappa shape index (κ1) is 15.0. The van der Waals surface area contributed by atoms with Crippen LogP contribution in [0.15, 0.2) is 30.3 Å². The molecule has 1 N–H and O–H groups in total. The number of rotatable bonds is 5. The predicted octanol–water partition coefficient (Wildman–Crippen LogP) is 3.40. The fourth-order valence-electron chi connectivity index (χ4n) is 2.27. The smallest absolute Gasteiger partial charge is 0.328 e. The van der Waals surface area contributed by atoms with E-state index in [1.807, 2.05) is 29.8 Å². The zero-order chi connectivity index (χ0) is 15.4. The minimum absolute atomic E-state index is 0.859. The maximum atomic E-state index is 10.8. The van der Waals surface area contributed by atoms with E-state index in [0.717, 1.165) is 47.1 Å². The number of aromatic nitrogens is 2. The fourth-order valence-corrected chi connectivity index (χ4v) is 2.27. The lowest BCUT2D eigenvalue weighted by Gasteiger charge is -2.10. The van der Waals surface area contributed by atoms with Gasteiger partial charge in [-0.3, -0.25) is 0 Å². The Morgan fingerprint density at radius 3 is 2.67 bits per heavy atom. The molecular formula is C17H20N2O2. The van der Waals surface area contributed by atoms with Gasteiger partial charge in [-0.15, -0.1) is 0 Å². The van der Waals surface area contributed by atoms with E-state index in [1.165, 1.54) is 0 Å². The molecule has 0 aliphatic rings. The Kier molecular flexibility index (Phi) is 4.58. The molecule has 0 atom stereocenters. The van der Waals surface area contributed by atoms with Crippen molar-refractivity contribution in [1.82, 2.24) is 9.78 Å². The number of carboxylic acids is 1. The van der Waals surface area contributed by atoms with Crippen LogP contribution in [0.25, 0.3) is 11.8 Å². The maximum Gasteiger partial charge on any atom is 0.328 e. The van der Waals surface area contributed by atoms with Gasteiger partial charge in [-0.25, -0.2) is 9.48 Å². The third-order valence-corrected chi connectivity index (χ3v) is 3.37. The van der Waals surface area contributed by atoms with Gasteiger partial charge in [0.15, 0.2) is 0 Å². The molecule has 21 heavy (non-hydrogen) atoms. The Morgan fingerprint density at radius 1 is 1.29 bits per heavy atom. The Balaban J connectivity index is 2.57. The molecule has 1 heterocycles. The summed E-state index contributed by atoms with van der Waals surface area (Å²) in [6, 6.07) is 8.08. The van der Waals surface area contributed by atoms with Crippen molar-refractivity contribution in [2.45, 2.75) is 33.6 Å². The molecule has 0 unspecified atom stereocenters. The van der Waals surface area contributed by atoms with E-state index in [2.05, 4.69) is 25.0 Å². The summed E-state index contributed by atoms with van der Waals surface area (Å²) in [5, 5.41) is 13.5. The molecule has 0 fully saturated rings. The van der Waals surface area contributed by atoms with Crippen molar-refractivity contribution in [2.75, 3.05) is 0 Å². The third-order valence-electron chi connectivity index (χ3n) is 3.37. The molecule has 0 radical (unpaired) electrons. The van der Waals surface area contributed by atoms with Crippen molar-refractivity contribution in [1.29, 1.82) is 0 Å². The van der Waals surface area contributed by atoms with Gasteiger partial charge in [-0.1, -0.05) is 25.5 Å². The fraction of sp³-hybridized carbons (Fsp3) is 0.294. The van der Waals surface area contributed by atoms with E-state index in [-0.39, 0.29) is 0 Å². The van der Waals surface area contributed by atoms with Gasteiger partial charge >= 0.3 is 5.97 Å².